The highest BCUT2D eigenvalue weighted by atomic mass is 16.5. The SMILES string of the molecule is CCCC(C#CC(=O)OC)C(C)C. The lowest BCUT2D eigenvalue weighted by molar-refractivity contribution is -0.133. The first-order valence-corrected chi connectivity index (χ1v) is 4.71. The zero-order chi connectivity index (χ0) is 10.3. The number of hydrogen-bond acceptors (Lipinski definition) is 2. The van der Waals surface area contributed by atoms with Gasteiger partial charge >= 0.3 is 5.97 Å². The van der Waals surface area contributed by atoms with Gasteiger partial charge in [-0.15, -0.1) is 0 Å². The first-order valence-electron chi connectivity index (χ1n) is 4.71. The van der Waals surface area contributed by atoms with Crippen molar-refractivity contribution in [2.45, 2.75) is 33.6 Å². The van der Waals surface area contributed by atoms with Crippen LogP contribution in [0.1, 0.15) is 33.6 Å². The molecular weight excluding hydrogens is 164 g/mol. The van der Waals surface area contributed by atoms with Gasteiger partial charge in [-0.3, -0.25) is 0 Å². The first-order chi connectivity index (χ1) is 6.11. The normalized spacial score (nSPS) is 11.8. The van der Waals surface area contributed by atoms with Crippen LogP contribution in [0.2, 0.25) is 0 Å². The molecular formula is C11H18O2. The Kier molecular flexibility index (Phi) is 6.05. The van der Waals surface area contributed by atoms with Gasteiger partial charge in [0.1, 0.15) is 0 Å². The summed E-state index contributed by atoms with van der Waals surface area (Å²) in [6.07, 6.45) is 2.14. The van der Waals surface area contributed by atoms with Crippen molar-refractivity contribution in [3.8, 4) is 11.8 Å². The maximum atomic E-state index is 10.7. The van der Waals surface area contributed by atoms with Gasteiger partial charge in [-0.25, -0.2) is 4.79 Å². The number of ether oxygens (including phenoxy) is 1. The second kappa shape index (κ2) is 6.54. The summed E-state index contributed by atoms with van der Waals surface area (Å²) in [5.41, 5.74) is 0. The molecule has 0 aliphatic heterocycles. The van der Waals surface area contributed by atoms with E-state index in [9.17, 15) is 4.79 Å². The molecule has 0 heterocycles. The third kappa shape index (κ3) is 5.30. The van der Waals surface area contributed by atoms with Crippen LogP contribution in [0.3, 0.4) is 0 Å². The molecule has 1 atom stereocenters. The molecule has 2 heteroatoms. The van der Waals surface area contributed by atoms with Crippen LogP contribution in [-0.4, -0.2) is 13.1 Å². The van der Waals surface area contributed by atoms with Gasteiger partial charge in [0.2, 0.25) is 0 Å². The molecule has 0 aromatic carbocycles. The summed E-state index contributed by atoms with van der Waals surface area (Å²) in [5.74, 6) is 5.80. The molecule has 0 N–H and O–H groups in total. The van der Waals surface area contributed by atoms with Gasteiger partial charge in [0.05, 0.1) is 7.11 Å². The van der Waals surface area contributed by atoms with Crippen LogP contribution >= 0.6 is 0 Å². The van der Waals surface area contributed by atoms with Crippen molar-refractivity contribution < 1.29 is 9.53 Å². The summed E-state index contributed by atoms with van der Waals surface area (Å²) < 4.78 is 4.45. The number of hydrogen-bond donors (Lipinski definition) is 0. The van der Waals surface area contributed by atoms with Gasteiger partial charge in [0.15, 0.2) is 0 Å². The third-order valence-corrected chi connectivity index (χ3v) is 1.95. The summed E-state index contributed by atoms with van der Waals surface area (Å²) in [7, 11) is 1.35. The van der Waals surface area contributed by atoms with Gasteiger partial charge in [0.25, 0.3) is 0 Å². The molecule has 0 aliphatic carbocycles. The predicted molar refractivity (Wildman–Crippen MR) is 53.0 cm³/mol. The quantitative estimate of drug-likeness (QED) is 0.380. The van der Waals surface area contributed by atoms with Gasteiger partial charge in [-0.05, 0) is 12.3 Å². The van der Waals surface area contributed by atoms with Gasteiger partial charge in [-0.2, -0.15) is 0 Å². The average molecular weight is 182 g/mol. The van der Waals surface area contributed by atoms with Crippen LogP contribution in [0.4, 0.5) is 0 Å². The van der Waals surface area contributed by atoms with E-state index in [0.717, 1.165) is 12.8 Å². The largest absolute Gasteiger partial charge is 0.459 e. The van der Waals surface area contributed by atoms with Crippen LogP contribution < -0.4 is 0 Å². The van der Waals surface area contributed by atoms with E-state index in [0.29, 0.717) is 11.8 Å². The lowest BCUT2D eigenvalue weighted by Gasteiger charge is -2.12. The highest BCUT2D eigenvalue weighted by Crippen LogP contribution is 2.15. The molecule has 1 unspecified atom stereocenters. The zero-order valence-electron chi connectivity index (χ0n) is 8.89. The Morgan fingerprint density at radius 2 is 2.08 bits per heavy atom. The molecule has 74 valence electrons. The van der Waals surface area contributed by atoms with E-state index in [1.54, 1.807) is 0 Å². The molecule has 0 rings (SSSR count). The number of carbonyl (C=O) groups excluding carboxylic acids is 1. The van der Waals surface area contributed by atoms with Crippen molar-refractivity contribution in [3.63, 3.8) is 0 Å². The van der Waals surface area contributed by atoms with Crippen LogP contribution in [0.15, 0.2) is 0 Å². The Labute approximate surface area is 80.7 Å². The van der Waals surface area contributed by atoms with E-state index < -0.39 is 5.97 Å². The number of rotatable bonds is 3. The fourth-order valence-electron chi connectivity index (χ4n) is 1.09. The summed E-state index contributed by atoms with van der Waals surface area (Å²) >= 11 is 0. The Balaban J connectivity index is 4.20. The van der Waals surface area contributed by atoms with E-state index >= 15 is 0 Å². The lowest BCUT2D eigenvalue weighted by atomic mass is 9.92. The molecule has 0 aromatic heterocycles. The Morgan fingerprint density at radius 3 is 2.46 bits per heavy atom. The Morgan fingerprint density at radius 1 is 1.46 bits per heavy atom. The monoisotopic (exact) mass is 182 g/mol. The highest BCUT2D eigenvalue weighted by molar-refractivity contribution is 5.88. The number of methoxy groups -OCH3 is 1. The smallest absolute Gasteiger partial charge is 0.384 e. The van der Waals surface area contributed by atoms with E-state index in [1.807, 2.05) is 0 Å². The molecule has 0 saturated heterocycles. The maximum Gasteiger partial charge on any atom is 0.384 e. The second-order valence-corrected chi connectivity index (χ2v) is 3.40. The van der Waals surface area contributed by atoms with Crippen molar-refractivity contribution in [1.29, 1.82) is 0 Å². The molecule has 0 bridgehead atoms. The molecule has 0 aliphatic rings. The summed E-state index contributed by atoms with van der Waals surface area (Å²) in [6, 6.07) is 0. The van der Waals surface area contributed by atoms with Gasteiger partial charge < -0.3 is 4.74 Å². The number of esters is 1. The van der Waals surface area contributed by atoms with Gasteiger partial charge in [0, 0.05) is 11.8 Å². The van der Waals surface area contributed by atoms with Crippen molar-refractivity contribution in [3.05, 3.63) is 0 Å². The summed E-state index contributed by atoms with van der Waals surface area (Å²) in [5, 5.41) is 0. The van der Waals surface area contributed by atoms with Gasteiger partial charge in [-0.1, -0.05) is 33.1 Å². The first kappa shape index (κ1) is 12.0. The minimum absolute atomic E-state index is 0.309. The van der Waals surface area contributed by atoms with E-state index in [-0.39, 0.29) is 0 Å². The van der Waals surface area contributed by atoms with Crippen molar-refractivity contribution in [2.24, 2.45) is 11.8 Å². The summed E-state index contributed by atoms with van der Waals surface area (Å²) in [6.45, 7) is 6.35. The fourth-order valence-corrected chi connectivity index (χ4v) is 1.09. The van der Waals surface area contributed by atoms with Crippen molar-refractivity contribution in [2.75, 3.05) is 7.11 Å². The average Bonchev–Trinajstić information content (AvgIpc) is 2.11. The lowest BCUT2D eigenvalue weighted by Crippen LogP contribution is -2.06. The van der Waals surface area contributed by atoms with Crippen LogP contribution in [-0.2, 0) is 9.53 Å². The van der Waals surface area contributed by atoms with Crippen LogP contribution in [0, 0.1) is 23.7 Å². The van der Waals surface area contributed by atoms with Crippen molar-refractivity contribution in [1.82, 2.24) is 0 Å². The fraction of sp³-hybridized carbons (Fsp3) is 0.727. The number of carbonyl (C=O) groups is 1. The maximum absolute atomic E-state index is 10.7. The second-order valence-electron chi connectivity index (χ2n) is 3.40. The van der Waals surface area contributed by atoms with Crippen LogP contribution in [0.5, 0.6) is 0 Å². The molecule has 2 nitrogen and oxygen atoms in total. The Bertz CT molecular complexity index is 208. The molecule has 0 aromatic rings. The minimum atomic E-state index is -0.443. The van der Waals surface area contributed by atoms with Crippen molar-refractivity contribution >= 4 is 5.97 Å². The molecule has 0 spiro atoms. The standard InChI is InChI=1S/C11H18O2/c1-5-6-10(9(2)3)7-8-11(12)13-4/h9-10H,5-6H2,1-4H3. The molecule has 13 heavy (non-hydrogen) atoms. The van der Waals surface area contributed by atoms with E-state index in [4.69, 9.17) is 0 Å². The zero-order valence-corrected chi connectivity index (χ0v) is 8.89. The van der Waals surface area contributed by atoms with E-state index in [1.165, 1.54) is 7.11 Å². The highest BCUT2D eigenvalue weighted by Gasteiger charge is 2.08. The summed E-state index contributed by atoms with van der Waals surface area (Å²) in [4.78, 5) is 10.7. The third-order valence-electron chi connectivity index (χ3n) is 1.95. The Hall–Kier alpha value is -0.970. The van der Waals surface area contributed by atoms with E-state index in [2.05, 4.69) is 37.3 Å². The minimum Gasteiger partial charge on any atom is -0.459 e. The molecule has 0 radical (unpaired) electrons. The predicted octanol–water partition coefficient (Wildman–Crippen LogP) is 2.24. The molecule has 0 fully saturated rings. The topological polar surface area (TPSA) is 26.3 Å². The molecule has 0 saturated carbocycles. The molecule has 0 amide bonds. The van der Waals surface area contributed by atoms with Crippen LogP contribution in [0.25, 0.3) is 0 Å².